The minimum atomic E-state index is 0.264. The number of rotatable bonds is 11. The van der Waals surface area contributed by atoms with Gasteiger partial charge in [0.25, 0.3) is 0 Å². The molecule has 3 heteroatoms. The Hall–Kier alpha value is -2.65. The molecule has 1 nitrogen and oxygen atoms in total. The molecule has 0 radical (unpaired) electrons. The minimum absolute atomic E-state index is 0.264. The summed E-state index contributed by atoms with van der Waals surface area (Å²) in [6.45, 7) is 27.8. The third-order valence-corrected chi connectivity index (χ3v) is 6.69. The van der Waals surface area contributed by atoms with E-state index in [9.17, 15) is 3.89 Å². The first-order valence-electron chi connectivity index (χ1n) is 14.1. The SMILES string of the molecule is C=C(C=C(C)C)C(CCC)CCc1ccccc1C.C=C/C(SF)=C(/C)CC.C=CC.CCc1cccnc1. The Morgan fingerprint density at radius 2 is 1.67 bits per heavy atom. The highest BCUT2D eigenvalue weighted by molar-refractivity contribution is 7.98. The fourth-order valence-electron chi connectivity index (χ4n) is 3.63. The summed E-state index contributed by atoms with van der Waals surface area (Å²) in [5.41, 5.74) is 7.89. The highest BCUT2D eigenvalue weighted by Crippen LogP contribution is 2.25. The van der Waals surface area contributed by atoms with Crippen molar-refractivity contribution in [3.8, 4) is 0 Å². The molecule has 0 saturated heterocycles. The van der Waals surface area contributed by atoms with Gasteiger partial charge in [-0.2, -0.15) is 3.89 Å². The first-order valence-corrected chi connectivity index (χ1v) is 14.8. The molecule has 0 aliphatic carbocycles. The van der Waals surface area contributed by atoms with E-state index in [-0.39, 0.29) is 12.1 Å². The van der Waals surface area contributed by atoms with Gasteiger partial charge in [0.05, 0.1) is 12.1 Å². The van der Waals surface area contributed by atoms with E-state index in [4.69, 9.17) is 0 Å². The zero-order valence-corrected chi connectivity index (χ0v) is 26.8. The number of halogens is 1. The molecular weight excluding hydrogens is 497 g/mol. The maximum absolute atomic E-state index is 11.9. The maximum Gasteiger partial charge on any atom is 0.0811 e. The molecule has 2 rings (SSSR count). The summed E-state index contributed by atoms with van der Waals surface area (Å²) in [5, 5.41) is 0. The van der Waals surface area contributed by atoms with E-state index >= 15 is 0 Å². The molecule has 1 aromatic heterocycles. The van der Waals surface area contributed by atoms with E-state index in [0.29, 0.717) is 10.8 Å². The molecule has 0 aliphatic rings. The van der Waals surface area contributed by atoms with Crippen molar-refractivity contribution in [2.24, 2.45) is 5.92 Å². The monoisotopic (exact) mass is 551 g/mol. The molecule has 0 saturated carbocycles. The van der Waals surface area contributed by atoms with Crippen LogP contribution in [0.5, 0.6) is 0 Å². The smallest absolute Gasteiger partial charge is 0.0811 e. The van der Waals surface area contributed by atoms with E-state index in [0.717, 1.165) is 24.8 Å². The predicted molar refractivity (Wildman–Crippen MR) is 178 cm³/mol. The molecule has 1 atom stereocenters. The summed E-state index contributed by atoms with van der Waals surface area (Å²) in [5.74, 6) is 0.625. The van der Waals surface area contributed by atoms with Gasteiger partial charge in [-0.1, -0.05) is 106 Å². The summed E-state index contributed by atoms with van der Waals surface area (Å²) in [6.07, 6.45) is 16.0. The second-order valence-corrected chi connectivity index (χ2v) is 10.2. The Kier molecular flexibility index (Phi) is 25.3. The molecule has 0 aliphatic heterocycles. The summed E-state index contributed by atoms with van der Waals surface area (Å²) < 4.78 is 11.9. The van der Waals surface area contributed by atoms with Crippen LogP contribution in [0.3, 0.4) is 0 Å². The zero-order valence-electron chi connectivity index (χ0n) is 26.0. The summed E-state index contributed by atoms with van der Waals surface area (Å²) in [6, 6.07) is 12.7. The molecular formula is C36H54FNS. The van der Waals surface area contributed by atoms with Crippen molar-refractivity contribution >= 4 is 12.1 Å². The van der Waals surface area contributed by atoms with Gasteiger partial charge in [0.1, 0.15) is 0 Å². The molecule has 39 heavy (non-hydrogen) atoms. The second-order valence-electron chi connectivity index (χ2n) is 9.65. The molecule has 1 heterocycles. The van der Waals surface area contributed by atoms with Crippen LogP contribution < -0.4 is 0 Å². The van der Waals surface area contributed by atoms with E-state index in [1.54, 1.807) is 18.3 Å². The fourth-order valence-corrected chi connectivity index (χ4v) is 3.96. The van der Waals surface area contributed by atoms with Gasteiger partial charge < -0.3 is 0 Å². The third-order valence-electron chi connectivity index (χ3n) is 6.01. The van der Waals surface area contributed by atoms with Crippen LogP contribution in [0, 0.1) is 12.8 Å². The molecule has 1 unspecified atom stereocenters. The lowest BCUT2D eigenvalue weighted by molar-refractivity contribution is 0.519. The van der Waals surface area contributed by atoms with Gasteiger partial charge >= 0.3 is 0 Å². The Bertz CT molecular complexity index is 984. The zero-order chi connectivity index (χ0) is 30.1. The van der Waals surface area contributed by atoms with Gasteiger partial charge in [-0.05, 0) is 95.4 Å². The number of aromatic nitrogens is 1. The van der Waals surface area contributed by atoms with Crippen molar-refractivity contribution in [2.45, 2.75) is 93.9 Å². The van der Waals surface area contributed by atoms with Gasteiger partial charge in [-0.15, -0.1) is 6.58 Å². The Morgan fingerprint density at radius 3 is 2.05 bits per heavy atom. The number of benzene rings is 1. The van der Waals surface area contributed by atoms with Gasteiger partial charge in [0.2, 0.25) is 0 Å². The lowest BCUT2D eigenvalue weighted by atomic mass is 9.88. The van der Waals surface area contributed by atoms with E-state index < -0.39 is 0 Å². The number of aryl methyl sites for hydroxylation is 3. The largest absolute Gasteiger partial charge is 0.264 e. The fraction of sp³-hybridized carbons (Fsp3) is 0.417. The molecule has 0 amide bonds. The van der Waals surface area contributed by atoms with Crippen molar-refractivity contribution in [3.63, 3.8) is 0 Å². The first kappa shape index (κ1) is 38.5. The third kappa shape index (κ3) is 20.0. The van der Waals surface area contributed by atoms with Crippen LogP contribution in [0.2, 0.25) is 0 Å². The maximum atomic E-state index is 11.9. The average molecular weight is 552 g/mol. The Morgan fingerprint density at radius 1 is 1.03 bits per heavy atom. The van der Waals surface area contributed by atoms with Crippen LogP contribution in [0.1, 0.15) is 90.8 Å². The topological polar surface area (TPSA) is 12.9 Å². The quantitative estimate of drug-likeness (QED) is 0.203. The number of nitrogens with zero attached hydrogens (tertiary/aromatic N) is 1. The van der Waals surface area contributed by atoms with Gasteiger partial charge in [0.15, 0.2) is 0 Å². The van der Waals surface area contributed by atoms with Crippen LogP contribution in [0.4, 0.5) is 3.89 Å². The number of pyridine rings is 1. The lowest BCUT2D eigenvalue weighted by Crippen LogP contribution is -2.05. The lowest BCUT2D eigenvalue weighted by Gasteiger charge is -2.18. The van der Waals surface area contributed by atoms with Crippen molar-refractivity contribution in [1.82, 2.24) is 4.98 Å². The van der Waals surface area contributed by atoms with Gasteiger partial charge in [-0.3, -0.25) is 4.98 Å². The molecule has 2 aromatic rings. The number of hydrogen-bond donors (Lipinski definition) is 0. The summed E-state index contributed by atoms with van der Waals surface area (Å²) >= 11 is 0.264. The van der Waals surface area contributed by atoms with Crippen LogP contribution in [0.25, 0.3) is 0 Å². The Labute approximate surface area is 245 Å². The molecule has 0 N–H and O–H groups in total. The Balaban J connectivity index is 0. The van der Waals surface area contributed by atoms with E-state index in [1.165, 1.54) is 47.1 Å². The van der Waals surface area contributed by atoms with Crippen molar-refractivity contribution in [1.29, 1.82) is 0 Å². The summed E-state index contributed by atoms with van der Waals surface area (Å²) in [7, 11) is 0. The van der Waals surface area contributed by atoms with Crippen LogP contribution in [-0.2, 0) is 12.8 Å². The van der Waals surface area contributed by atoms with Crippen LogP contribution in [-0.4, -0.2) is 4.98 Å². The van der Waals surface area contributed by atoms with Crippen LogP contribution >= 0.6 is 12.1 Å². The van der Waals surface area contributed by atoms with E-state index in [2.05, 4.69) is 95.7 Å². The highest BCUT2D eigenvalue weighted by atomic mass is 32.2. The second kappa shape index (κ2) is 25.6. The van der Waals surface area contributed by atoms with Gasteiger partial charge in [-0.25, -0.2) is 0 Å². The average Bonchev–Trinajstić information content (AvgIpc) is 2.93. The number of hydrogen-bond acceptors (Lipinski definition) is 2. The summed E-state index contributed by atoms with van der Waals surface area (Å²) in [4.78, 5) is 4.61. The molecule has 1 aromatic carbocycles. The molecule has 0 fully saturated rings. The standard InChI is InChI=1S/C19H28.C7H11FS.C7H9N.C3H6/c1-6-9-18(17(5)14-15(2)3)12-13-19-11-8-7-10-16(19)4;1-4-6(3)7(5-2)9-8;1-2-7-4-3-5-8-6-7;1-3-2/h7-8,10-11,14,18H,5-6,9,12-13H2,1-4H3;5H,2,4H2,1,3H3;3-6H,2H2,1H3;3H,1H2,2H3/b;7-6+;;. The van der Waals surface area contributed by atoms with Crippen LogP contribution in [0.15, 0.2) is 108 Å². The van der Waals surface area contributed by atoms with E-state index in [1.807, 2.05) is 33.0 Å². The predicted octanol–water partition coefficient (Wildman–Crippen LogP) is 12.2. The van der Waals surface area contributed by atoms with Gasteiger partial charge in [0, 0.05) is 17.3 Å². The normalized spacial score (nSPS) is 11.0. The molecule has 0 spiro atoms. The highest BCUT2D eigenvalue weighted by Gasteiger charge is 2.11. The molecule has 216 valence electrons. The first-order chi connectivity index (χ1) is 18.6. The number of allylic oxidation sites excluding steroid dienone is 6. The minimum Gasteiger partial charge on any atom is -0.264 e. The van der Waals surface area contributed by atoms with Crippen molar-refractivity contribution < 1.29 is 3.89 Å². The molecule has 0 bridgehead atoms. The van der Waals surface area contributed by atoms with Crippen molar-refractivity contribution in [2.75, 3.05) is 0 Å². The van der Waals surface area contributed by atoms with Crippen molar-refractivity contribution in [3.05, 3.63) is 125 Å².